The van der Waals surface area contributed by atoms with Gasteiger partial charge in [0.2, 0.25) is 0 Å². The minimum Gasteiger partial charge on any atom is -0.469 e. The Bertz CT molecular complexity index is 631. The summed E-state index contributed by atoms with van der Waals surface area (Å²) >= 11 is 0. The maximum Gasteiger partial charge on any atom is 0.261 e. The number of hydrogen-bond acceptors (Lipinski definition) is 3. The highest BCUT2D eigenvalue weighted by molar-refractivity contribution is 6.06. The van der Waals surface area contributed by atoms with Gasteiger partial charge >= 0.3 is 0 Å². The summed E-state index contributed by atoms with van der Waals surface area (Å²) in [5, 5.41) is 0. The van der Waals surface area contributed by atoms with Crippen LogP contribution in [0.4, 0.5) is 11.4 Å². The molecule has 0 spiro atoms. The molecule has 0 saturated heterocycles. The van der Waals surface area contributed by atoms with Crippen LogP contribution in [0.2, 0.25) is 0 Å². The molecule has 0 unspecified atom stereocenters. The first-order valence-electron chi connectivity index (χ1n) is 6.40. The van der Waals surface area contributed by atoms with Crippen LogP contribution in [0.25, 0.3) is 0 Å². The second-order valence-electron chi connectivity index (χ2n) is 4.89. The van der Waals surface area contributed by atoms with Gasteiger partial charge in [0.1, 0.15) is 12.0 Å². The normalized spacial score (nSPS) is 14.3. The quantitative estimate of drug-likeness (QED) is 0.798. The Kier molecular flexibility index (Phi) is 2.78. The fourth-order valence-corrected chi connectivity index (χ4v) is 2.54. The van der Waals surface area contributed by atoms with Crippen molar-refractivity contribution < 1.29 is 9.21 Å². The zero-order valence-electron chi connectivity index (χ0n) is 10.8. The molecule has 0 atom stereocenters. The number of hydrogen-bond donors (Lipinski definition) is 1. The van der Waals surface area contributed by atoms with Crippen LogP contribution < -0.4 is 10.6 Å². The maximum absolute atomic E-state index is 12.5. The van der Waals surface area contributed by atoms with Crippen LogP contribution in [0.5, 0.6) is 0 Å². The average Bonchev–Trinajstić information content (AvgIpc) is 2.83. The molecule has 4 heteroatoms. The Hall–Kier alpha value is -2.23. The third-order valence-corrected chi connectivity index (χ3v) is 3.44. The summed E-state index contributed by atoms with van der Waals surface area (Å²) in [5.74, 6) is 0.737. The molecule has 19 heavy (non-hydrogen) atoms. The van der Waals surface area contributed by atoms with E-state index in [1.807, 2.05) is 30.0 Å². The predicted molar refractivity (Wildman–Crippen MR) is 74.3 cm³/mol. The Morgan fingerprint density at radius 3 is 2.95 bits per heavy atom. The number of carbonyl (C=O) groups is 1. The Labute approximate surface area is 111 Å². The number of rotatable bonds is 1. The van der Waals surface area contributed by atoms with Gasteiger partial charge in [0.25, 0.3) is 5.91 Å². The van der Waals surface area contributed by atoms with Crippen molar-refractivity contribution in [2.24, 2.45) is 0 Å². The van der Waals surface area contributed by atoms with Gasteiger partial charge in [-0.05, 0) is 49.6 Å². The number of nitrogen functional groups attached to an aromatic ring is 1. The molecule has 0 aliphatic carbocycles. The molecule has 1 aliphatic rings. The predicted octanol–water partition coefficient (Wildman–Crippen LogP) is 2.76. The number of benzene rings is 1. The smallest absolute Gasteiger partial charge is 0.261 e. The molecule has 0 saturated carbocycles. The number of anilines is 2. The van der Waals surface area contributed by atoms with E-state index in [0.29, 0.717) is 5.56 Å². The molecule has 4 nitrogen and oxygen atoms in total. The molecule has 0 radical (unpaired) electrons. The standard InChI is InChI=1S/C15H16N2O2/c1-10-7-12(9-19-10)15(18)17-6-2-3-11-8-13(16)4-5-14(11)17/h4-5,7-9H,2-3,6,16H2,1H3. The van der Waals surface area contributed by atoms with Crippen LogP contribution in [0.3, 0.4) is 0 Å². The zero-order valence-corrected chi connectivity index (χ0v) is 10.8. The molecule has 2 N–H and O–H groups in total. The molecular weight excluding hydrogens is 240 g/mol. The third kappa shape index (κ3) is 2.10. The molecule has 3 rings (SSSR count). The fourth-order valence-electron chi connectivity index (χ4n) is 2.54. The van der Waals surface area contributed by atoms with E-state index >= 15 is 0 Å². The first-order chi connectivity index (χ1) is 9.15. The van der Waals surface area contributed by atoms with E-state index in [2.05, 4.69) is 0 Å². The molecule has 1 aliphatic heterocycles. The van der Waals surface area contributed by atoms with Crippen molar-refractivity contribution in [1.29, 1.82) is 0 Å². The van der Waals surface area contributed by atoms with E-state index in [1.54, 1.807) is 6.07 Å². The van der Waals surface area contributed by atoms with Gasteiger partial charge in [-0.25, -0.2) is 0 Å². The number of carbonyl (C=O) groups excluding carboxylic acids is 1. The largest absolute Gasteiger partial charge is 0.469 e. The Morgan fingerprint density at radius 2 is 2.21 bits per heavy atom. The second-order valence-corrected chi connectivity index (χ2v) is 4.89. The van der Waals surface area contributed by atoms with Crippen LogP contribution in [0.1, 0.15) is 28.1 Å². The summed E-state index contributed by atoms with van der Waals surface area (Å²) in [6.45, 7) is 2.57. The van der Waals surface area contributed by atoms with Gasteiger partial charge in [-0.2, -0.15) is 0 Å². The number of furan rings is 1. The molecule has 0 fully saturated rings. The van der Waals surface area contributed by atoms with Crippen molar-refractivity contribution in [3.05, 3.63) is 47.4 Å². The molecule has 0 bridgehead atoms. The molecule has 1 amide bonds. The average molecular weight is 256 g/mol. The lowest BCUT2D eigenvalue weighted by Gasteiger charge is -2.29. The fraction of sp³-hybridized carbons (Fsp3) is 0.267. The Morgan fingerprint density at radius 1 is 1.37 bits per heavy atom. The van der Waals surface area contributed by atoms with Crippen molar-refractivity contribution in [2.45, 2.75) is 19.8 Å². The number of fused-ring (bicyclic) bond motifs is 1. The Balaban J connectivity index is 1.97. The van der Waals surface area contributed by atoms with Crippen molar-refractivity contribution >= 4 is 17.3 Å². The highest BCUT2D eigenvalue weighted by Gasteiger charge is 2.24. The summed E-state index contributed by atoms with van der Waals surface area (Å²) in [6.07, 6.45) is 3.44. The third-order valence-electron chi connectivity index (χ3n) is 3.44. The van der Waals surface area contributed by atoms with Gasteiger partial charge in [-0.1, -0.05) is 0 Å². The highest BCUT2D eigenvalue weighted by atomic mass is 16.3. The number of amides is 1. The minimum absolute atomic E-state index is 0.0115. The summed E-state index contributed by atoms with van der Waals surface area (Å²) in [5.41, 5.74) is 9.24. The number of aryl methyl sites for hydroxylation is 2. The van der Waals surface area contributed by atoms with Crippen molar-refractivity contribution in [2.75, 3.05) is 17.2 Å². The van der Waals surface area contributed by atoms with Gasteiger partial charge in [0.05, 0.1) is 5.56 Å². The number of nitrogens with zero attached hydrogens (tertiary/aromatic N) is 1. The molecule has 2 heterocycles. The van der Waals surface area contributed by atoms with E-state index < -0.39 is 0 Å². The van der Waals surface area contributed by atoms with Gasteiger partial charge in [0.15, 0.2) is 0 Å². The molecule has 1 aromatic carbocycles. The lowest BCUT2D eigenvalue weighted by molar-refractivity contribution is 0.0984. The van der Waals surface area contributed by atoms with Gasteiger partial charge < -0.3 is 15.1 Å². The zero-order chi connectivity index (χ0) is 13.4. The summed E-state index contributed by atoms with van der Waals surface area (Å²) in [4.78, 5) is 14.3. The van der Waals surface area contributed by atoms with Crippen LogP contribution in [-0.2, 0) is 6.42 Å². The molecule has 1 aromatic heterocycles. The lowest BCUT2D eigenvalue weighted by Crippen LogP contribution is -2.35. The van der Waals surface area contributed by atoms with Crippen LogP contribution in [0, 0.1) is 6.92 Å². The maximum atomic E-state index is 12.5. The van der Waals surface area contributed by atoms with Gasteiger partial charge in [-0.3, -0.25) is 4.79 Å². The van der Waals surface area contributed by atoms with E-state index in [1.165, 1.54) is 6.26 Å². The summed E-state index contributed by atoms with van der Waals surface area (Å²) in [7, 11) is 0. The van der Waals surface area contributed by atoms with Crippen molar-refractivity contribution in [3.8, 4) is 0 Å². The minimum atomic E-state index is -0.0115. The van der Waals surface area contributed by atoms with E-state index in [0.717, 1.165) is 42.1 Å². The van der Waals surface area contributed by atoms with Crippen LogP contribution >= 0.6 is 0 Å². The molecular formula is C15H16N2O2. The first kappa shape index (κ1) is 11.8. The van der Waals surface area contributed by atoms with E-state index in [9.17, 15) is 4.79 Å². The van der Waals surface area contributed by atoms with Gasteiger partial charge in [0, 0.05) is 17.9 Å². The SMILES string of the molecule is Cc1cc(C(=O)N2CCCc3cc(N)ccc32)co1. The van der Waals surface area contributed by atoms with E-state index in [4.69, 9.17) is 10.2 Å². The topological polar surface area (TPSA) is 59.5 Å². The van der Waals surface area contributed by atoms with Crippen LogP contribution in [0.15, 0.2) is 34.9 Å². The van der Waals surface area contributed by atoms with E-state index in [-0.39, 0.29) is 5.91 Å². The lowest BCUT2D eigenvalue weighted by atomic mass is 10.0. The van der Waals surface area contributed by atoms with Crippen LogP contribution in [-0.4, -0.2) is 12.5 Å². The number of nitrogens with two attached hydrogens (primary N) is 1. The van der Waals surface area contributed by atoms with Gasteiger partial charge in [-0.15, -0.1) is 0 Å². The monoisotopic (exact) mass is 256 g/mol. The summed E-state index contributed by atoms with van der Waals surface area (Å²) < 4.78 is 5.22. The first-order valence-corrected chi connectivity index (χ1v) is 6.40. The molecule has 98 valence electrons. The highest BCUT2D eigenvalue weighted by Crippen LogP contribution is 2.30. The molecule has 2 aromatic rings. The second kappa shape index (κ2) is 4.46. The summed E-state index contributed by atoms with van der Waals surface area (Å²) in [6, 6.07) is 7.49. The van der Waals surface area contributed by atoms with Crippen molar-refractivity contribution in [1.82, 2.24) is 0 Å². The van der Waals surface area contributed by atoms with Crippen molar-refractivity contribution in [3.63, 3.8) is 0 Å².